The predicted molar refractivity (Wildman–Crippen MR) is 50.7 cm³/mol. The number of para-hydroxylation sites is 1. The highest BCUT2D eigenvalue weighted by molar-refractivity contribution is 5.97. The van der Waals surface area contributed by atoms with Crippen molar-refractivity contribution in [3.05, 3.63) is 23.8 Å². The van der Waals surface area contributed by atoms with Crippen LogP contribution < -0.4 is 5.32 Å². The fourth-order valence-electron chi connectivity index (χ4n) is 1.12. The van der Waals surface area contributed by atoms with Gasteiger partial charge in [0, 0.05) is 7.05 Å². The second kappa shape index (κ2) is 4.20. The third kappa shape index (κ3) is 1.78. The second-order valence-electron chi connectivity index (χ2n) is 2.46. The lowest BCUT2D eigenvalue weighted by Gasteiger charge is -2.06. The van der Waals surface area contributed by atoms with E-state index in [1.54, 1.807) is 7.05 Å². The molecule has 0 bridgehead atoms. The average Bonchev–Trinajstić information content (AvgIpc) is 2.18. The number of hydrogen-bond donors (Lipinski definition) is 2. The smallest absolute Gasteiger partial charge is 0.337 e. The predicted octanol–water partition coefficient (Wildman–Crippen LogP) is 1.39. The maximum Gasteiger partial charge on any atom is 0.337 e. The zero-order chi connectivity index (χ0) is 10.6. The van der Waals surface area contributed by atoms with Crippen LogP contribution in [-0.2, 0) is 4.79 Å². The van der Waals surface area contributed by atoms with E-state index in [4.69, 9.17) is 5.11 Å². The van der Waals surface area contributed by atoms with Crippen LogP contribution in [0.4, 0.5) is 11.4 Å². The molecule has 0 unspecified atom stereocenters. The number of carboxylic acids is 1. The minimum Gasteiger partial charge on any atom is -0.478 e. The van der Waals surface area contributed by atoms with E-state index in [0.29, 0.717) is 5.69 Å². The number of nitrogens with zero attached hydrogens (tertiary/aromatic N) is 1. The lowest BCUT2D eigenvalue weighted by atomic mass is 10.1. The summed E-state index contributed by atoms with van der Waals surface area (Å²) in [5.74, 6) is -1.07. The highest BCUT2D eigenvalue weighted by Gasteiger charge is 2.11. The van der Waals surface area contributed by atoms with Gasteiger partial charge >= 0.3 is 5.97 Å². The molecule has 1 aromatic rings. The molecule has 0 amide bonds. The third-order valence-corrected chi connectivity index (χ3v) is 1.69. The SMILES string of the molecule is CNc1c(N=C=O)cccc1C(=O)O. The average molecular weight is 192 g/mol. The number of carboxylic acid groups (broad SMARTS) is 1. The summed E-state index contributed by atoms with van der Waals surface area (Å²) >= 11 is 0. The Morgan fingerprint density at radius 3 is 2.79 bits per heavy atom. The molecule has 2 N–H and O–H groups in total. The molecule has 1 rings (SSSR count). The Balaban J connectivity index is 3.39. The van der Waals surface area contributed by atoms with Crippen LogP contribution >= 0.6 is 0 Å². The molecule has 0 aliphatic rings. The number of nitrogens with one attached hydrogen (secondary N) is 1. The van der Waals surface area contributed by atoms with Crippen LogP contribution in [0.25, 0.3) is 0 Å². The van der Waals surface area contributed by atoms with E-state index in [0.717, 1.165) is 0 Å². The van der Waals surface area contributed by atoms with Crippen molar-refractivity contribution in [1.82, 2.24) is 0 Å². The van der Waals surface area contributed by atoms with Gasteiger partial charge in [-0.1, -0.05) is 6.07 Å². The molecule has 5 heteroatoms. The number of aromatic carboxylic acids is 1. The summed E-state index contributed by atoms with van der Waals surface area (Å²) in [6, 6.07) is 4.47. The Kier molecular flexibility index (Phi) is 2.99. The number of isocyanates is 1. The molecule has 0 aliphatic heterocycles. The van der Waals surface area contributed by atoms with E-state index in [-0.39, 0.29) is 11.3 Å². The summed E-state index contributed by atoms with van der Waals surface area (Å²) in [4.78, 5) is 24.2. The van der Waals surface area contributed by atoms with Gasteiger partial charge in [0.15, 0.2) is 0 Å². The van der Waals surface area contributed by atoms with Crippen molar-refractivity contribution in [3.8, 4) is 0 Å². The summed E-state index contributed by atoms with van der Waals surface area (Å²) in [6.45, 7) is 0. The fraction of sp³-hybridized carbons (Fsp3) is 0.111. The molecule has 0 aromatic heterocycles. The van der Waals surface area contributed by atoms with E-state index >= 15 is 0 Å². The molecule has 1 aromatic carbocycles. The van der Waals surface area contributed by atoms with Crippen molar-refractivity contribution in [2.45, 2.75) is 0 Å². The lowest BCUT2D eigenvalue weighted by Crippen LogP contribution is -2.02. The van der Waals surface area contributed by atoms with Crippen LogP contribution in [0.5, 0.6) is 0 Å². The first-order valence-electron chi connectivity index (χ1n) is 3.82. The van der Waals surface area contributed by atoms with Gasteiger partial charge in [0.2, 0.25) is 6.08 Å². The Morgan fingerprint density at radius 2 is 2.29 bits per heavy atom. The summed E-state index contributed by atoms with van der Waals surface area (Å²) < 4.78 is 0. The summed E-state index contributed by atoms with van der Waals surface area (Å²) in [5.41, 5.74) is 0.648. The topological polar surface area (TPSA) is 78.8 Å². The Morgan fingerprint density at radius 1 is 1.57 bits per heavy atom. The van der Waals surface area contributed by atoms with Gasteiger partial charge in [-0.05, 0) is 12.1 Å². The number of carbonyl (C=O) groups is 1. The zero-order valence-electron chi connectivity index (χ0n) is 7.44. The third-order valence-electron chi connectivity index (χ3n) is 1.69. The molecule has 0 aliphatic carbocycles. The standard InChI is InChI=1S/C9H8N2O3/c1-10-8-6(9(13)14)3-2-4-7(8)11-5-12/h2-4,10H,1H3,(H,13,14). The van der Waals surface area contributed by atoms with Gasteiger partial charge in [-0.2, -0.15) is 4.99 Å². The molecule has 0 fully saturated rings. The first-order chi connectivity index (χ1) is 6.70. The largest absolute Gasteiger partial charge is 0.478 e. The molecule has 0 radical (unpaired) electrons. The summed E-state index contributed by atoms with van der Waals surface area (Å²) in [7, 11) is 1.56. The van der Waals surface area contributed by atoms with Crippen molar-refractivity contribution in [2.24, 2.45) is 4.99 Å². The van der Waals surface area contributed by atoms with E-state index in [9.17, 15) is 9.59 Å². The maximum absolute atomic E-state index is 10.8. The Hall–Kier alpha value is -2.13. The van der Waals surface area contributed by atoms with Crippen LogP contribution in [-0.4, -0.2) is 24.2 Å². The molecule has 0 atom stereocenters. The second-order valence-corrected chi connectivity index (χ2v) is 2.46. The van der Waals surface area contributed by atoms with Gasteiger partial charge < -0.3 is 10.4 Å². The first kappa shape index (κ1) is 9.95. The van der Waals surface area contributed by atoms with Gasteiger partial charge in [0.05, 0.1) is 11.3 Å². The van der Waals surface area contributed by atoms with Crippen LogP contribution in [0.15, 0.2) is 23.2 Å². The first-order valence-corrected chi connectivity index (χ1v) is 3.82. The van der Waals surface area contributed by atoms with E-state index < -0.39 is 5.97 Å². The quantitative estimate of drug-likeness (QED) is 0.560. The van der Waals surface area contributed by atoms with Gasteiger partial charge in [0.1, 0.15) is 5.69 Å². The van der Waals surface area contributed by atoms with Crippen LogP contribution in [0.1, 0.15) is 10.4 Å². The highest BCUT2D eigenvalue weighted by atomic mass is 16.4. The monoisotopic (exact) mass is 192 g/mol. The number of hydrogen-bond acceptors (Lipinski definition) is 4. The fourth-order valence-corrected chi connectivity index (χ4v) is 1.12. The van der Waals surface area contributed by atoms with Crippen molar-refractivity contribution < 1.29 is 14.7 Å². The molecule has 0 heterocycles. The van der Waals surface area contributed by atoms with Crippen molar-refractivity contribution >= 4 is 23.4 Å². The molecule has 0 saturated carbocycles. The van der Waals surface area contributed by atoms with Crippen molar-refractivity contribution in [1.29, 1.82) is 0 Å². The Labute approximate surface area is 80.1 Å². The molecule has 0 spiro atoms. The molecule has 5 nitrogen and oxygen atoms in total. The minimum absolute atomic E-state index is 0.0731. The van der Waals surface area contributed by atoms with Crippen molar-refractivity contribution in [3.63, 3.8) is 0 Å². The number of aliphatic imine (C=N–C) groups is 1. The molecular weight excluding hydrogens is 184 g/mol. The number of anilines is 1. The van der Waals surface area contributed by atoms with Gasteiger partial charge in [-0.25, -0.2) is 9.59 Å². The van der Waals surface area contributed by atoms with Gasteiger partial charge in [-0.15, -0.1) is 0 Å². The molecule has 14 heavy (non-hydrogen) atoms. The van der Waals surface area contributed by atoms with Crippen LogP contribution in [0.3, 0.4) is 0 Å². The lowest BCUT2D eigenvalue weighted by molar-refractivity contribution is 0.0698. The molecular formula is C9H8N2O3. The molecule has 0 saturated heterocycles. The number of carbonyl (C=O) groups excluding carboxylic acids is 1. The van der Waals surface area contributed by atoms with Crippen LogP contribution in [0.2, 0.25) is 0 Å². The van der Waals surface area contributed by atoms with Gasteiger partial charge in [0.25, 0.3) is 0 Å². The maximum atomic E-state index is 10.8. The number of rotatable bonds is 3. The highest BCUT2D eigenvalue weighted by Crippen LogP contribution is 2.27. The summed E-state index contributed by atoms with van der Waals surface area (Å²) in [5, 5.41) is 11.5. The van der Waals surface area contributed by atoms with E-state index in [2.05, 4.69) is 10.3 Å². The van der Waals surface area contributed by atoms with Crippen molar-refractivity contribution in [2.75, 3.05) is 12.4 Å². The summed E-state index contributed by atoms with van der Waals surface area (Å²) in [6.07, 6.45) is 1.37. The van der Waals surface area contributed by atoms with E-state index in [1.165, 1.54) is 24.3 Å². The van der Waals surface area contributed by atoms with E-state index in [1.807, 2.05) is 0 Å². The zero-order valence-corrected chi connectivity index (χ0v) is 7.44. The van der Waals surface area contributed by atoms with Gasteiger partial charge in [-0.3, -0.25) is 0 Å². The number of benzene rings is 1. The Bertz CT molecular complexity index is 388. The molecule has 72 valence electrons. The minimum atomic E-state index is -1.07. The van der Waals surface area contributed by atoms with Crippen LogP contribution in [0, 0.1) is 0 Å². The normalized spacial score (nSPS) is 8.93.